The van der Waals surface area contributed by atoms with Crippen molar-refractivity contribution in [2.75, 3.05) is 15.4 Å². The molecule has 0 radical (unpaired) electrons. The maximum absolute atomic E-state index is 12.7. The molecule has 0 saturated carbocycles. The van der Waals surface area contributed by atoms with Crippen LogP contribution in [0.15, 0.2) is 71.9 Å². The average molecular weight is 407 g/mol. The van der Waals surface area contributed by atoms with Gasteiger partial charge in [-0.2, -0.15) is 5.26 Å². The maximum Gasteiger partial charge on any atom is 0.323 e. The van der Waals surface area contributed by atoms with E-state index in [1.165, 1.54) is 36.5 Å². The number of aromatic nitrogens is 1. The van der Waals surface area contributed by atoms with Crippen LogP contribution in [0.2, 0.25) is 0 Å². The lowest BCUT2D eigenvalue weighted by molar-refractivity contribution is 0.262. The first-order chi connectivity index (χ1) is 13.9. The van der Waals surface area contributed by atoms with Gasteiger partial charge in [-0.3, -0.25) is 9.71 Å². The Morgan fingerprint density at radius 1 is 1.03 bits per heavy atom. The Balaban J connectivity index is 1.86. The van der Waals surface area contributed by atoms with Crippen LogP contribution in [0.3, 0.4) is 0 Å². The number of aryl methyl sites for hydroxylation is 1. The van der Waals surface area contributed by atoms with Crippen LogP contribution in [0.1, 0.15) is 11.1 Å². The lowest BCUT2D eigenvalue weighted by atomic mass is 10.2. The van der Waals surface area contributed by atoms with E-state index < -0.39 is 16.1 Å². The molecule has 2 aromatic carbocycles. The summed E-state index contributed by atoms with van der Waals surface area (Å²) in [5.74, 6) is 0. The Hall–Kier alpha value is -3.90. The van der Waals surface area contributed by atoms with E-state index in [4.69, 9.17) is 5.26 Å². The molecule has 0 aliphatic rings. The highest BCUT2D eigenvalue weighted by Gasteiger charge is 2.17. The van der Waals surface area contributed by atoms with E-state index in [0.29, 0.717) is 5.69 Å². The highest BCUT2D eigenvalue weighted by molar-refractivity contribution is 7.92. The molecule has 8 nitrogen and oxygen atoms in total. The summed E-state index contributed by atoms with van der Waals surface area (Å²) in [6.07, 6.45) is 3.03. The van der Waals surface area contributed by atoms with Crippen LogP contribution >= 0.6 is 0 Å². The Kier molecular flexibility index (Phi) is 5.76. The first-order valence-corrected chi connectivity index (χ1v) is 9.97. The van der Waals surface area contributed by atoms with Gasteiger partial charge in [-0.15, -0.1) is 0 Å². The highest BCUT2D eigenvalue weighted by atomic mass is 32.2. The molecule has 3 rings (SSSR count). The number of carbonyl (C=O) groups is 1. The fourth-order valence-corrected chi connectivity index (χ4v) is 3.53. The Morgan fingerprint density at radius 3 is 2.45 bits per heavy atom. The summed E-state index contributed by atoms with van der Waals surface area (Å²) in [4.78, 5) is 16.3. The smallest absolute Gasteiger partial charge is 0.306 e. The Labute approximate surface area is 168 Å². The summed E-state index contributed by atoms with van der Waals surface area (Å²) >= 11 is 0. The van der Waals surface area contributed by atoms with E-state index in [1.54, 1.807) is 30.5 Å². The van der Waals surface area contributed by atoms with E-state index >= 15 is 0 Å². The fraction of sp³-hybridized carbons (Fsp3) is 0.0500. The van der Waals surface area contributed by atoms with Gasteiger partial charge in [-0.05, 0) is 49.4 Å². The zero-order valence-electron chi connectivity index (χ0n) is 15.4. The van der Waals surface area contributed by atoms with Crippen LogP contribution < -0.4 is 15.4 Å². The van der Waals surface area contributed by atoms with Gasteiger partial charge in [0, 0.05) is 6.20 Å². The summed E-state index contributed by atoms with van der Waals surface area (Å²) in [5.41, 5.74) is 1.92. The standard InChI is InChI=1S/C20H17N5O3S/c1-14-4-7-17(8-5-14)29(27,28)25-18-9-6-15(12-21)11-19(18)24-20(26)23-16-3-2-10-22-13-16/h2-11,13,25H,1H3,(H2,23,24,26). The van der Waals surface area contributed by atoms with Crippen LogP contribution in [0.5, 0.6) is 0 Å². The molecule has 9 heteroatoms. The van der Waals surface area contributed by atoms with Crippen LogP contribution in [-0.4, -0.2) is 19.4 Å². The molecular weight excluding hydrogens is 390 g/mol. The number of nitriles is 1. The van der Waals surface area contributed by atoms with Crippen molar-refractivity contribution in [1.29, 1.82) is 5.26 Å². The SMILES string of the molecule is Cc1ccc(S(=O)(=O)Nc2ccc(C#N)cc2NC(=O)Nc2cccnc2)cc1. The molecule has 1 heterocycles. The van der Waals surface area contributed by atoms with E-state index in [0.717, 1.165) is 5.56 Å². The van der Waals surface area contributed by atoms with Gasteiger partial charge >= 0.3 is 6.03 Å². The molecule has 146 valence electrons. The van der Waals surface area contributed by atoms with Crippen molar-refractivity contribution >= 4 is 33.1 Å². The minimum atomic E-state index is -3.88. The summed E-state index contributed by atoms with van der Waals surface area (Å²) in [7, 11) is -3.88. The van der Waals surface area contributed by atoms with Crippen molar-refractivity contribution in [1.82, 2.24) is 4.98 Å². The number of benzene rings is 2. The third-order valence-corrected chi connectivity index (χ3v) is 5.27. The summed E-state index contributed by atoms with van der Waals surface area (Å²) in [5, 5.41) is 14.3. The van der Waals surface area contributed by atoms with Crippen LogP contribution in [-0.2, 0) is 10.0 Å². The quantitative estimate of drug-likeness (QED) is 0.595. The molecule has 0 aliphatic heterocycles. The second kappa shape index (κ2) is 8.41. The van der Waals surface area contributed by atoms with Crippen molar-refractivity contribution in [3.05, 3.63) is 78.1 Å². The molecule has 3 N–H and O–H groups in total. The molecule has 1 aromatic heterocycles. The molecule has 0 aliphatic carbocycles. The van der Waals surface area contributed by atoms with Gasteiger partial charge in [0.15, 0.2) is 0 Å². The molecule has 0 unspecified atom stereocenters. The Bertz CT molecular complexity index is 1170. The predicted molar refractivity (Wildman–Crippen MR) is 110 cm³/mol. The molecule has 0 bridgehead atoms. The zero-order chi connectivity index (χ0) is 20.9. The normalized spacial score (nSPS) is 10.6. The van der Waals surface area contributed by atoms with E-state index in [-0.39, 0.29) is 21.8 Å². The van der Waals surface area contributed by atoms with E-state index in [9.17, 15) is 13.2 Å². The molecular formula is C20H17N5O3S. The van der Waals surface area contributed by atoms with Gasteiger partial charge in [0.05, 0.1) is 39.8 Å². The zero-order valence-corrected chi connectivity index (χ0v) is 16.2. The number of anilines is 3. The molecule has 2 amide bonds. The van der Waals surface area contributed by atoms with Gasteiger partial charge in [0.25, 0.3) is 10.0 Å². The number of amides is 2. The van der Waals surface area contributed by atoms with Gasteiger partial charge in [-0.25, -0.2) is 13.2 Å². The second-order valence-corrected chi connectivity index (χ2v) is 7.79. The number of hydrogen-bond donors (Lipinski definition) is 3. The fourth-order valence-electron chi connectivity index (χ4n) is 2.45. The molecule has 0 spiro atoms. The first kappa shape index (κ1) is 19.9. The third-order valence-electron chi connectivity index (χ3n) is 3.89. The highest BCUT2D eigenvalue weighted by Crippen LogP contribution is 2.26. The first-order valence-electron chi connectivity index (χ1n) is 8.49. The van der Waals surface area contributed by atoms with Crippen LogP contribution in [0, 0.1) is 18.3 Å². The number of carbonyl (C=O) groups excluding carboxylic acids is 1. The average Bonchev–Trinajstić information content (AvgIpc) is 2.70. The van der Waals surface area contributed by atoms with Crippen molar-refractivity contribution < 1.29 is 13.2 Å². The van der Waals surface area contributed by atoms with Gasteiger partial charge in [-0.1, -0.05) is 17.7 Å². The molecule has 0 atom stereocenters. The van der Waals surface area contributed by atoms with Gasteiger partial charge < -0.3 is 10.6 Å². The van der Waals surface area contributed by atoms with Gasteiger partial charge in [0.1, 0.15) is 0 Å². The number of rotatable bonds is 5. The van der Waals surface area contributed by atoms with E-state index in [2.05, 4.69) is 20.3 Å². The minimum Gasteiger partial charge on any atom is -0.306 e. The summed E-state index contributed by atoms with van der Waals surface area (Å²) in [6.45, 7) is 1.85. The van der Waals surface area contributed by atoms with Crippen LogP contribution in [0.4, 0.5) is 21.9 Å². The molecule has 29 heavy (non-hydrogen) atoms. The van der Waals surface area contributed by atoms with E-state index in [1.807, 2.05) is 13.0 Å². The predicted octanol–water partition coefficient (Wildman–Crippen LogP) is 3.71. The van der Waals surface area contributed by atoms with Crippen molar-refractivity contribution in [2.24, 2.45) is 0 Å². The molecule has 0 saturated heterocycles. The lowest BCUT2D eigenvalue weighted by Gasteiger charge is -2.14. The maximum atomic E-state index is 12.7. The van der Waals surface area contributed by atoms with Crippen molar-refractivity contribution in [3.8, 4) is 6.07 Å². The number of hydrogen-bond acceptors (Lipinski definition) is 5. The topological polar surface area (TPSA) is 124 Å². The second-order valence-electron chi connectivity index (χ2n) is 6.11. The number of sulfonamides is 1. The third kappa shape index (κ3) is 5.09. The van der Waals surface area contributed by atoms with Crippen molar-refractivity contribution in [3.63, 3.8) is 0 Å². The number of nitrogens with zero attached hydrogens (tertiary/aromatic N) is 2. The molecule has 0 fully saturated rings. The van der Waals surface area contributed by atoms with Gasteiger partial charge in [0.2, 0.25) is 0 Å². The number of nitrogens with one attached hydrogen (secondary N) is 3. The number of urea groups is 1. The van der Waals surface area contributed by atoms with Crippen LogP contribution in [0.25, 0.3) is 0 Å². The minimum absolute atomic E-state index is 0.0817. The number of pyridine rings is 1. The monoisotopic (exact) mass is 407 g/mol. The van der Waals surface area contributed by atoms with Crippen molar-refractivity contribution in [2.45, 2.75) is 11.8 Å². The largest absolute Gasteiger partial charge is 0.323 e. The Morgan fingerprint density at radius 2 is 1.79 bits per heavy atom. The lowest BCUT2D eigenvalue weighted by Crippen LogP contribution is -2.21. The summed E-state index contributed by atoms with van der Waals surface area (Å²) < 4.78 is 27.8. The summed E-state index contributed by atoms with van der Waals surface area (Å²) in [6, 6.07) is 15.3. The molecule has 3 aromatic rings.